The van der Waals surface area contributed by atoms with Crippen molar-refractivity contribution in [1.82, 2.24) is 0 Å². The highest BCUT2D eigenvalue weighted by Crippen LogP contribution is 2.25. The Morgan fingerprint density at radius 2 is 2.06 bits per heavy atom. The zero-order valence-corrected chi connectivity index (χ0v) is 11.3. The quantitative estimate of drug-likeness (QED) is 0.777. The lowest BCUT2D eigenvalue weighted by Crippen LogP contribution is -2.24. The molecule has 0 heterocycles. The zero-order chi connectivity index (χ0) is 13.5. The van der Waals surface area contributed by atoms with Crippen molar-refractivity contribution in [2.45, 2.75) is 32.9 Å². The Balaban J connectivity index is 2.62. The first-order valence-corrected chi connectivity index (χ1v) is 6.29. The lowest BCUT2D eigenvalue weighted by atomic mass is 10.1. The number of benzene rings is 1. The molecule has 0 aliphatic heterocycles. The maximum Gasteiger partial charge on any atom is 0.124 e. The molecule has 0 fully saturated rings. The van der Waals surface area contributed by atoms with Gasteiger partial charge in [-0.1, -0.05) is 12.1 Å². The van der Waals surface area contributed by atoms with Crippen LogP contribution in [0.25, 0.3) is 0 Å². The van der Waals surface area contributed by atoms with Gasteiger partial charge in [0.2, 0.25) is 0 Å². The maximum atomic E-state index is 9.66. The Morgan fingerprint density at radius 1 is 1.33 bits per heavy atom. The third kappa shape index (κ3) is 4.64. The number of rotatable bonds is 7. The van der Waals surface area contributed by atoms with Gasteiger partial charge in [-0.15, -0.1) is 0 Å². The van der Waals surface area contributed by atoms with Gasteiger partial charge >= 0.3 is 0 Å². The normalized spacial score (nSPS) is 14.3. The number of aliphatic hydroxyl groups is 1. The van der Waals surface area contributed by atoms with E-state index in [1.165, 1.54) is 0 Å². The second-order valence-corrected chi connectivity index (χ2v) is 4.45. The molecule has 4 nitrogen and oxygen atoms in total. The van der Waals surface area contributed by atoms with E-state index >= 15 is 0 Å². The molecule has 0 aliphatic carbocycles. The Morgan fingerprint density at radius 3 is 2.67 bits per heavy atom. The van der Waals surface area contributed by atoms with E-state index in [4.69, 9.17) is 15.2 Å². The number of ether oxygens (including phenoxy) is 2. The summed E-state index contributed by atoms with van der Waals surface area (Å²) in [7, 11) is 0. The molecule has 4 heteroatoms. The van der Waals surface area contributed by atoms with Gasteiger partial charge in [0.15, 0.2) is 0 Å². The first-order valence-electron chi connectivity index (χ1n) is 6.29. The smallest absolute Gasteiger partial charge is 0.124 e. The lowest BCUT2D eigenvalue weighted by molar-refractivity contribution is 0.0162. The summed E-state index contributed by atoms with van der Waals surface area (Å²) in [5, 5.41) is 9.66. The Labute approximate surface area is 109 Å². The average molecular weight is 253 g/mol. The van der Waals surface area contributed by atoms with E-state index < -0.39 is 6.10 Å². The highest BCUT2D eigenvalue weighted by atomic mass is 16.5. The van der Waals surface area contributed by atoms with E-state index in [2.05, 4.69) is 0 Å². The largest absolute Gasteiger partial charge is 0.490 e. The van der Waals surface area contributed by atoms with Gasteiger partial charge in [-0.2, -0.15) is 0 Å². The summed E-state index contributed by atoms with van der Waals surface area (Å²) in [5.41, 5.74) is 7.94. The van der Waals surface area contributed by atoms with Gasteiger partial charge in [-0.25, -0.2) is 0 Å². The predicted octanol–water partition coefficient (Wildman–Crippen LogP) is 1.79. The molecule has 0 aliphatic rings. The van der Waals surface area contributed by atoms with Crippen LogP contribution < -0.4 is 10.5 Å². The first-order chi connectivity index (χ1) is 8.54. The fraction of sp³-hybridized carbons (Fsp3) is 0.571. The molecule has 102 valence electrons. The summed E-state index contributed by atoms with van der Waals surface area (Å²) in [6, 6.07) is 5.81. The van der Waals surface area contributed by atoms with E-state index in [1.54, 1.807) is 0 Å². The van der Waals surface area contributed by atoms with Crippen LogP contribution in [0.15, 0.2) is 18.2 Å². The summed E-state index contributed by atoms with van der Waals surface area (Å²) in [5.74, 6) is 0.737. The molecule has 0 saturated carbocycles. The molecule has 18 heavy (non-hydrogen) atoms. The van der Waals surface area contributed by atoms with Crippen molar-refractivity contribution in [3.63, 3.8) is 0 Å². The Kier molecular flexibility index (Phi) is 6.12. The third-order valence-corrected chi connectivity index (χ3v) is 2.61. The number of hydrogen-bond acceptors (Lipinski definition) is 4. The number of hydrogen-bond donors (Lipinski definition) is 2. The highest BCUT2D eigenvalue weighted by molar-refractivity contribution is 5.38. The van der Waals surface area contributed by atoms with Crippen LogP contribution in [0, 0.1) is 6.92 Å². The SMILES string of the molecule is CCOCC(O)COc1cc(C)ccc1[C@H](C)N. The second-order valence-electron chi connectivity index (χ2n) is 4.45. The lowest BCUT2D eigenvalue weighted by Gasteiger charge is -2.17. The zero-order valence-electron chi connectivity index (χ0n) is 11.3. The fourth-order valence-corrected chi connectivity index (χ4v) is 1.63. The summed E-state index contributed by atoms with van der Waals surface area (Å²) >= 11 is 0. The van der Waals surface area contributed by atoms with Crippen molar-refractivity contribution in [2.24, 2.45) is 5.73 Å². The van der Waals surface area contributed by atoms with Crippen LogP contribution >= 0.6 is 0 Å². The highest BCUT2D eigenvalue weighted by Gasteiger charge is 2.11. The maximum absolute atomic E-state index is 9.66. The minimum Gasteiger partial charge on any atom is -0.490 e. The van der Waals surface area contributed by atoms with Crippen molar-refractivity contribution in [1.29, 1.82) is 0 Å². The standard InChI is InChI=1S/C14H23NO3/c1-4-17-8-12(16)9-18-14-7-10(2)5-6-13(14)11(3)15/h5-7,11-12,16H,4,8-9,15H2,1-3H3/t11-,12?/m0/s1. The predicted molar refractivity (Wildman–Crippen MR) is 71.8 cm³/mol. The van der Waals surface area contributed by atoms with E-state index in [1.807, 2.05) is 39.0 Å². The van der Waals surface area contributed by atoms with Crippen molar-refractivity contribution in [2.75, 3.05) is 19.8 Å². The van der Waals surface area contributed by atoms with Gasteiger partial charge in [-0.05, 0) is 32.4 Å². The van der Waals surface area contributed by atoms with Gasteiger partial charge in [0.1, 0.15) is 18.5 Å². The van der Waals surface area contributed by atoms with Crippen molar-refractivity contribution in [3.8, 4) is 5.75 Å². The molecule has 0 aromatic heterocycles. The van der Waals surface area contributed by atoms with E-state index in [-0.39, 0.29) is 19.3 Å². The van der Waals surface area contributed by atoms with Gasteiger partial charge in [-0.3, -0.25) is 0 Å². The summed E-state index contributed by atoms with van der Waals surface area (Å²) in [6.07, 6.45) is -0.619. The molecule has 0 saturated heterocycles. The molecule has 3 N–H and O–H groups in total. The van der Waals surface area contributed by atoms with Crippen LogP contribution in [0.2, 0.25) is 0 Å². The molecule has 0 spiro atoms. The number of aliphatic hydroxyl groups excluding tert-OH is 1. The minimum absolute atomic E-state index is 0.0929. The van der Waals surface area contributed by atoms with Crippen LogP contribution in [-0.4, -0.2) is 31.0 Å². The molecule has 1 aromatic carbocycles. The second kappa shape index (κ2) is 7.36. The molecule has 1 unspecified atom stereocenters. The van der Waals surface area contributed by atoms with Gasteiger partial charge in [0, 0.05) is 18.2 Å². The van der Waals surface area contributed by atoms with Crippen LogP contribution in [-0.2, 0) is 4.74 Å². The molecule has 0 amide bonds. The molecule has 2 atom stereocenters. The van der Waals surface area contributed by atoms with E-state index in [0.29, 0.717) is 6.61 Å². The van der Waals surface area contributed by atoms with Crippen molar-refractivity contribution < 1.29 is 14.6 Å². The first kappa shape index (κ1) is 15.0. The van der Waals surface area contributed by atoms with Crippen LogP contribution in [0.5, 0.6) is 5.75 Å². The van der Waals surface area contributed by atoms with Crippen molar-refractivity contribution in [3.05, 3.63) is 29.3 Å². The van der Waals surface area contributed by atoms with Gasteiger partial charge in [0.05, 0.1) is 6.61 Å². The molecule has 0 radical (unpaired) electrons. The number of aryl methyl sites for hydroxylation is 1. The molecular formula is C14H23NO3. The molecule has 0 bridgehead atoms. The average Bonchev–Trinajstić information content (AvgIpc) is 2.33. The minimum atomic E-state index is -0.619. The van der Waals surface area contributed by atoms with Gasteiger partial charge < -0.3 is 20.3 Å². The van der Waals surface area contributed by atoms with E-state index in [0.717, 1.165) is 16.9 Å². The molecule has 1 aromatic rings. The van der Waals surface area contributed by atoms with Crippen LogP contribution in [0.3, 0.4) is 0 Å². The number of nitrogens with two attached hydrogens (primary N) is 1. The van der Waals surface area contributed by atoms with Crippen LogP contribution in [0.4, 0.5) is 0 Å². The molecule has 1 rings (SSSR count). The Hall–Kier alpha value is -1.10. The topological polar surface area (TPSA) is 64.7 Å². The summed E-state index contributed by atoms with van der Waals surface area (Å²) in [4.78, 5) is 0. The fourth-order valence-electron chi connectivity index (χ4n) is 1.63. The van der Waals surface area contributed by atoms with Crippen LogP contribution in [0.1, 0.15) is 31.0 Å². The monoisotopic (exact) mass is 253 g/mol. The Bertz CT molecular complexity index is 366. The van der Waals surface area contributed by atoms with Crippen molar-refractivity contribution >= 4 is 0 Å². The third-order valence-electron chi connectivity index (χ3n) is 2.61. The summed E-state index contributed by atoms with van der Waals surface area (Å²) in [6.45, 7) is 6.89. The van der Waals surface area contributed by atoms with E-state index in [9.17, 15) is 5.11 Å². The summed E-state index contributed by atoms with van der Waals surface area (Å²) < 4.78 is 10.8. The molecular weight excluding hydrogens is 230 g/mol. The van der Waals surface area contributed by atoms with Gasteiger partial charge in [0.25, 0.3) is 0 Å².